The van der Waals surface area contributed by atoms with Crippen LogP contribution in [0, 0.1) is 6.92 Å². The van der Waals surface area contributed by atoms with Gasteiger partial charge in [-0.25, -0.2) is 5.43 Å². The van der Waals surface area contributed by atoms with E-state index in [0.29, 0.717) is 21.0 Å². The monoisotopic (exact) mass is 495 g/mol. The van der Waals surface area contributed by atoms with E-state index in [2.05, 4.69) is 20.7 Å². The molecule has 0 saturated heterocycles. The van der Waals surface area contributed by atoms with Crippen LogP contribution in [0.5, 0.6) is 0 Å². The van der Waals surface area contributed by atoms with Crippen molar-refractivity contribution in [3.05, 3.63) is 94.0 Å². The number of hydrogen-bond donors (Lipinski definition) is 1. The molecule has 1 aromatic heterocycles. The van der Waals surface area contributed by atoms with Crippen molar-refractivity contribution in [1.29, 1.82) is 0 Å². The van der Waals surface area contributed by atoms with Gasteiger partial charge in [-0.15, -0.1) is 10.2 Å². The molecule has 33 heavy (non-hydrogen) atoms. The van der Waals surface area contributed by atoms with E-state index in [1.54, 1.807) is 18.2 Å². The number of carbonyl (C=O) groups is 1. The normalized spacial score (nSPS) is 11.1. The third-order valence-corrected chi connectivity index (χ3v) is 6.18. The second kappa shape index (κ2) is 10.7. The van der Waals surface area contributed by atoms with Gasteiger partial charge in [-0.1, -0.05) is 83.0 Å². The SMILES string of the molecule is Cc1ccc(-c2nnc(SCC(=O)N/N=C\c3ccccc3Cl)n2-c2ccc(Cl)cc2)cc1. The van der Waals surface area contributed by atoms with E-state index in [9.17, 15) is 4.79 Å². The predicted octanol–water partition coefficient (Wildman–Crippen LogP) is 5.79. The molecule has 0 fully saturated rings. The minimum atomic E-state index is -0.272. The molecule has 4 rings (SSSR count). The summed E-state index contributed by atoms with van der Waals surface area (Å²) in [6, 6.07) is 22.7. The van der Waals surface area contributed by atoms with Gasteiger partial charge in [-0.05, 0) is 37.3 Å². The van der Waals surface area contributed by atoms with Crippen LogP contribution < -0.4 is 5.43 Å². The van der Waals surface area contributed by atoms with Crippen LogP contribution in [0.15, 0.2) is 83.1 Å². The average molecular weight is 496 g/mol. The first-order chi connectivity index (χ1) is 16.0. The van der Waals surface area contributed by atoms with Crippen LogP contribution >= 0.6 is 35.0 Å². The molecule has 9 heteroatoms. The molecule has 0 aliphatic rings. The molecule has 166 valence electrons. The van der Waals surface area contributed by atoms with Gasteiger partial charge in [-0.2, -0.15) is 5.10 Å². The molecule has 0 aliphatic carbocycles. The van der Waals surface area contributed by atoms with Gasteiger partial charge < -0.3 is 0 Å². The van der Waals surface area contributed by atoms with Crippen molar-refractivity contribution < 1.29 is 4.79 Å². The van der Waals surface area contributed by atoms with Gasteiger partial charge >= 0.3 is 0 Å². The number of benzene rings is 3. The van der Waals surface area contributed by atoms with Crippen molar-refractivity contribution in [3.63, 3.8) is 0 Å². The Morgan fingerprint density at radius 1 is 1.03 bits per heavy atom. The number of hydrazone groups is 1. The molecule has 0 spiro atoms. The fourth-order valence-electron chi connectivity index (χ4n) is 2.99. The van der Waals surface area contributed by atoms with Gasteiger partial charge in [0.05, 0.1) is 12.0 Å². The van der Waals surface area contributed by atoms with Crippen molar-refractivity contribution in [2.24, 2.45) is 5.10 Å². The Hall–Kier alpha value is -3.13. The summed E-state index contributed by atoms with van der Waals surface area (Å²) in [6.45, 7) is 2.03. The summed E-state index contributed by atoms with van der Waals surface area (Å²) in [4.78, 5) is 12.3. The number of nitrogens with zero attached hydrogens (tertiary/aromatic N) is 4. The van der Waals surface area contributed by atoms with Gasteiger partial charge in [0.15, 0.2) is 11.0 Å². The van der Waals surface area contributed by atoms with Crippen LogP contribution in [0.4, 0.5) is 0 Å². The predicted molar refractivity (Wildman–Crippen MR) is 134 cm³/mol. The summed E-state index contributed by atoms with van der Waals surface area (Å²) in [5, 5.41) is 14.5. The first-order valence-corrected chi connectivity index (χ1v) is 11.7. The molecule has 6 nitrogen and oxygen atoms in total. The van der Waals surface area contributed by atoms with Crippen LogP contribution in [0.2, 0.25) is 10.0 Å². The Bertz CT molecular complexity index is 1290. The van der Waals surface area contributed by atoms with E-state index in [4.69, 9.17) is 23.2 Å². The number of aryl methyl sites for hydroxylation is 1. The number of aromatic nitrogens is 3. The van der Waals surface area contributed by atoms with Crippen molar-refractivity contribution in [1.82, 2.24) is 20.2 Å². The fourth-order valence-corrected chi connectivity index (χ4v) is 4.05. The molecule has 0 atom stereocenters. The van der Waals surface area contributed by atoms with Gasteiger partial charge in [0.2, 0.25) is 0 Å². The summed E-state index contributed by atoms with van der Waals surface area (Å²) in [7, 11) is 0. The molecule has 4 aromatic rings. The summed E-state index contributed by atoms with van der Waals surface area (Å²) >= 11 is 13.4. The third kappa shape index (κ3) is 5.82. The molecule has 1 heterocycles. The molecule has 0 bridgehead atoms. The van der Waals surface area contributed by atoms with Crippen molar-refractivity contribution in [3.8, 4) is 17.1 Å². The molecular weight excluding hydrogens is 477 g/mol. The summed E-state index contributed by atoms with van der Waals surface area (Å²) in [5.41, 5.74) is 6.16. The third-order valence-electron chi connectivity index (χ3n) is 4.66. The number of nitrogens with one attached hydrogen (secondary N) is 1. The number of rotatable bonds is 7. The van der Waals surface area contributed by atoms with Crippen molar-refractivity contribution >= 4 is 47.1 Å². The number of hydrogen-bond acceptors (Lipinski definition) is 5. The quantitative estimate of drug-likeness (QED) is 0.200. The van der Waals surface area contributed by atoms with Crippen LogP contribution in [-0.4, -0.2) is 32.6 Å². The number of halogens is 2. The molecule has 0 saturated carbocycles. The molecular formula is C24H19Cl2N5OS. The highest BCUT2D eigenvalue weighted by molar-refractivity contribution is 7.99. The Morgan fingerprint density at radius 2 is 1.76 bits per heavy atom. The second-order valence-corrected chi connectivity index (χ2v) is 8.87. The summed E-state index contributed by atoms with van der Waals surface area (Å²) in [6.07, 6.45) is 1.51. The highest BCUT2D eigenvalue weighted by Gasteiger charge is 2.17. The Kier molecular flexibility index (Phi) is 7.44. The lowest BCUT2D eigenvalue weighted by molar-refractivity contribution is -0.118. The lowest BCUT2D eigenvalue weighted by Gasteiger charge is -2.10. The zero-order valence-electron chi connectivity index (χ0n) is 17.6. The Balaban J connectivity index is 1.52. The highest BCUT2D eigenvalue weighted by atomic mass is 35.5. The maximum Gasteiger partial charge on any atom is 0.250 e. The smallest absolute Gasteiger partial charge is 0.250 e. The van der Waals surface area contributed by atoms with E-state index in [1.807, 2.05) is 66.1 Å². The maximum atomic E-state index is 12.3. The van der Waals surface area contributed by atoms with Crippen LogP contribution in [0.1, 0.15) is 11.1 Å². The Morgan fingerprint density at radius 3 is 2.48 bits per heavy atom. The van der Waals surface area contributed by atoms with Crippen LogP contribution in [0.25, 0.3) is 17.1 Å². The molecule has 0 unspecified atom stereocenters. The second-order valence-electron chi connectivity index (χ2n) is 7.09. The minimum absolute atomic E-state index is 0.111. The van der Waals surface area contributed by atoms with Gasteiger partial charge in [-0.3, -0.25) is 9.36 Å². The standard InChI is InChI=1S/C24H19Cl2N5OS/c1-16-6-8-17(9-7-16)23-29-30-24(31(23)20-12-10-19(25)11-13-20)33-15-22(32)28-27-14-18-4-2-3-5-21(18)26/h2-14H,15H2,1H3,(H,28,32)/b27-14-. The highest BCUT2D eigenvalue weighted by Crippen LogP contribution is 2.28. The minimum Gasteiger partial charge on any atom is -0.272 e. The average Bonchev–Trinajstić information content (AvgIpc) is 3.24. The van der Waals surface area contributed by atoms with Gasteiger partial charge in [0, 0.05) is 26.9 Å². The zero-order chi connectivity index (χ0) is 23.2. The van der Waals surface area contributed by atoms with E-state index in [-0.39, 0.29) is 11.7 Å². The van der Waals surface area contributed by atoms with E-state index in [0.717, 1.165) is 22.4 Å². The largest absolute Gasteiger partial charge is 0.272 e. The number of thioether (sulfide) groups is 1. The van der Waals surface area contributed by atoms with Crippen LogP contribution in [-0.2, 0) is 4.79 Å². The summed E-state index contributed by atoms with van der Waals surface area (Å²) < 4.78 is 1.91. The Labute approximate surface area is 205 Å². The number of carbonyl (C=O) groups excluding carboxylic acids is 1. The van der Waals surface area contributed by atoms with E-state index in [1.165, 1.54) is 18.0 Å². The maximum absolute atomic E-state index is 12.3. The first-order valence-electron chi connectivity index (χ1n) is 9.99. The fraction of sp³-hybridized carbons (Fsp3) is 0.0833. The lowest BCUT2D eigenvalue weighted by Crippen LogP contribution is -2.20. The molecule has 1 amide bonds. The van der Waals surface area contributed by atoms with Crippen molar-refractivity contribution in [2.75, 3.05) is 5.75 Å². The van der Waals surface area contributed by atoms with Gasteiger partial charge in [0.25, 0.3) is 5.91 Å². The van der Waals surface area contributed by atoms with Crippen LogP contribution in [0.3, 0.4) is 0 Å². The van der Waals surface area contributed by atoms with Gasteiger partial charge in [0.1, 0.15) is 0 Å². The lowest BCUT2D eigenvalue weighted by atomic mass is 10.1. The zero-order valence-corrected chi connectivity index (χ0v) is 19.9. The molecule has 3 aromatic carbocycles. The molecule has 1 N–H and O–H groups in total. The van der Waals surface area contributed by atoms with Crippen molar-refractivity contribution in [2.45, 2.75) is 12.1 Å². The van der Waals surface area contributed by atoms with E-state index < -0.39 is 0 Å². The topological polar surface area (TPSA) is 72.2 Å². The molecule has 0 aliphatic heterocycles. The molecule has 0 radical (unpaired) electrons. The first kappa shape index (κ1) is 23.0. The van der Waals surface area contributed by atoms with E-state index >= 15 is 0 Å². The summed E-state index contributed by atoms with van der Waals surface area (Å²) in [5.74, 6) is 0.516. The number of amides is 1.